The van der Waals surface area contributed by atoms with E-state index in [1.54, 1.807) is 25.5 Å². The Kier molecular flexibility index (Phi) is 4.94. The molecule has 2 aromatic heterocycles. The number of aryl methyl sites for hydroxylation is 1. The van der Waals surface area contributed by atoms with Gasteiger partial charge < -0.3 is 15.2 Å². The molecule has 0 aliphatic carbocycles. The van der Waals surface area contributed by atoms with Crippen molar-refractivity contribution in [1.29, 1.82) is 0 Å². The van der Waals surface area contributed by atoms with Crippen LogP contribution in [-0.4, -0.2) is 20.4 Å². The number of urea groups is 1. The number of rotatable bonds is 5. The van der Waals surface area contributed by atoms with E-state index in [1.807, 2.05) is 41.2 Å². The molecule has 2 heterocycles. The number of anilines is 1. The van der Waals surface area contributed by atoms with Gasteiger partial charge in [0, 0.05) is 38.2 Å². The maximum absolute atomic E-state index is 12.1. The lowest BCUT2D eigenvalue weighted by Gasteiger charge is -2.12. The maximum Gasteiger partial charge on any atom is 0.319 e. The number of nitrogens with zero attached hydrogens (tertiary/aromatic N) is 3. The summed E-state index contributed by atoms with van der Waals surface area (Å²) in [6, 6.07) is 12.4. The highest BCUT2D eigenvalue weighted by atomic mass is 16.2. The monoisotopic (exact) mass is 337 g/mol. The van der Waals surface area contributed by atoms with Gasteiger partial charge in [-0.15, -0.1) is 0 Å². The molecule has 1 aromatic carbocycles. The van der Waals surface area contributed by atoms with Crippen LogP contribution in [0.1, 0.15) is 11.1 Å². The Morgan fingerprint density at radius 3 is 2.64 bits per heavy atom. The molecule has 0 unspecified atom stereocenters. The van der Waals surface area contributed by atoms with Crippen LogP contribution in [0, 0.1) is 0 Å². The molecule has 0 saturated heterocycles. The first-order valence-electron chi connectivity index (χ1n) is 7.87. The molecular weight excluding hydrogens is 318 g/mol. The van der Waals surface area contributed by atoms with Crippen LogP contribution in [0.4, 0.5) is 10.5 Å². The number of hydrogen-bond acceptors (Lipinski definition) is 3. The molecule has 0 bridgehead atoms. The van der Waals surface area contributed by atoms with Crippen molar-refractivity contribution >= 4 is 11.7 Å². The second-order valence-electron chi connectivity index (χ2n) is 5.65. The molecule has 7 nitrogen and oxygen atoms in total. The van der Waals surface area contributed by atoms with Crippen molar-refractivity contribution in [2.45, 2.75) is 13.1 Å². The molecule has 0 aliphatic rings. The van der Waals surface area contributed by atoms with Crippen LogP contribution in [0.3, 0.4) is 0 Å². The van der Waals surface area contributed by atoms with Gasteiger partial charge in [0.25, 0.3) is 0 Å². The number of pyridine rings is 1. The molecule has 7 heteroatoms. The fourth-order valence-electron chi connectivity index (χ4n) is 2.47. The van der Waals surface area contributed by atoms with Gasteiger partial charge in [0.2, 0.25) is 5.56 Å². The molecule has 3 aromatic rings. The van der Waals surface area contributed by atoms with Crippen molar-refractivity contribution in [3.63, 3.8) is 0 Å². The summed E-state index contributed by atoms with van der Waals surface area (Å²) >= 11 is 0. The number of carbonyl (C=O) groups excluding carboxylic acids is 1. The first-order chi connectivity index (χ1) is 12.1. The van der Waals surface area contributed by atoms with Crippen molar-refractivity contribution in [2.24, 2.45) is 7.05 Å². The molecule has 128 valence electrons. The maximum atomic E-state index is 12.1. The van der Waals surface area contributed by atoms with Crippen molar-refractivity contribution in [2.75, 3.05) is 5.32 Å². The third kappa shape index (κ3) is 4.35. The quantitative estimate of drug-likeness (QED) is 0.747. The lowest BCUT2D eigenvalue weighted by Crippen LogP contribution is -2.29. The molecule has 0 fully saturated rings. The Morgan fingerprint density at radius 1 is 1.12 bits per heavy atom. The zero-order valence-electron chi connectivity index (χ0n) is 13.8. The van der Waals surface area contributed by atoms with Gasteiger partial charge in [0.05, 0.1) is 12.2 Å². The van der Waals surface area contributed by atoms with E-state index in [1.165, 1.54) is 10.6 Å². The summed E-state index contributed by atoms with van der Waals surface area (Å²) in [4.78, 5) is 23.4. The molecule has 25 heavy (non-hydrogen) atoms. The minimum atomic E-state index is -0.326. The largest absolute Gasteiger partial charge is 0.334 e. The molecule has 3 rings (SSSR count). The SMILES string of the molecule is Cn1cc(NC(=O)NCc2ccccc2Cn2cccn2)ccc1=O. The number of amides is 2. The van der Waals surface area contributed by atoms with E-state index < -0.39 is 0 Å². The highest BCUT2D eigenvalue weighted by Crippen LogP contribution is 2.10. The summed E-state index contributed by atoms with van der Waals surface area (Å²) in [6.07, 6.45) is 5.21. The topological polar surface area (TPSA) is 81.0 Å². The Bertz CT molecular complexity index is 915. The van der Waals surface area contributed by atoms with E-state index in [0.717, 1.165) is 11.1 Å². The van der Waals surface area contributed by atoms with Crippen molar-refractivity contribution in [3.8, 4) is 0 Å². The predicted octanol–water partition coefficient (Wildman–Crippen LogP) is 1.95. The molecule has 0 spiro atoms. The van der Waals surface area contributed by atoms with Gasteiger partial charge in [-0.1, -0.05) is 24.3 Å². The van der Waals surface area contributed by atoms with E-state index in [0.29, 0.717) is 18.8 Å². The highest BCUT2D eigenvalue weighted by Gasteiger charge is 2.06. The van der Waals surface area contributed by atoms with Gasteiger partial charge in [0.1, 0.15) is 0 Å². The molecule has 2 amide bonds. The second-order valence-corrected chi connectivity index (χ2v) is 5.65. The van der Waals surface area contributed by atoms with Crippen molar-refractivity contribution in [1.82, 2.24) is 19.7 Å². The third-order valence-electron chi connectivity index (χ3n) is 3.79. The Morgan fingerprint density at radius 2 is 1.92 bits per heavy atom. The van der Waals surface area contributed by atoms with Gasteiger partial charge in [-0.2, -0.15) is 5.10 Å². The van der Waals surface area contributed by atoms with Crippen LogP contribution in [0.5, 0.6) is 0 Å². The van der Waals surface area contributed by atoms with Crippen molar-refractivity contribution < 1.29 is 4.79 Å². The molecule has 0 atom stereocenters. The number of aromatic nitrogens is 3. The average molecular weight is 337 g/mol. The number of hydrogen-bond donors (Lipinski definition) is 2. The minimum absolute atomic E-state index is 0.126. The first-order valence-corrected chi connectivity index (χ1v) is 7.87. The van der Waals surface area contributed by atoms with E-state index in [9.17, 15) is 9.59 Å². The third-order valence-corrected chi connectivity index (χ3v) is 3.79. The zero-order valence-corrected chi connectivity index (χ0v) is 13.8. The lowest BCUT2D eigenvalue weighted by molar-refractivity contribution is 0.251. The second kappa shape index (κ2) is 7.48. The fourth-order valence-corrected chi connectivity index (χ4v) is 2.47. The Labute approximate surface area is 144 Å². The van der Waals surface area contributed by atoms with Crippen LogP contribution < -0.4 is 16.2 Å². The van der Waals surface area contributed by atoms with Crippen molar-refractivity contribution in [3.05, 3.63) is 82.5 Å². The van der Waals surface area contributed by atoms with Gasteiger partial charge in [-0.3, -0.25) is 9.48 Å². The molecular formula is C18H19N5O2. The van der Waals surface area contributed by atoms with Gasteiger partial charge in [0.15, 0.2) is 0 Å². The first kappa shape index (κ1) is 16.5. The number of nitrogens with one attached hydrogen (secondary N) is 2. The molecule has 2 N–H and O–H groups in total. The highest BCUT2D eigenvalue weighted by molar-refractivity contribution is 5.88. The van der Waals surface area contributed by atoms with Crippen LogP contribution in [0.2, 0.25) is 0 Å². The van der Waals surface area contributed by atoms with Gasteiger partial charge >= 0.3 is 6.03 Å². The summed E-state index contributed by atoms with van der Waals surface area (Å²) in [6.45, 7) is 1.04. The smallest absolute Gasteiger partial charge is 0.319 e. The zero-order chi connectivity index (χ0) is 17.6. The van der Waals surface area contributed by atoms with Gasteiger partial charge in [-0.05, 0) is 23.3 Å². The minimum Gasteiger partial charge on any atom is -0.334 e. The molecule has 0 aliphatic heterocycles. The summed E-state index contributed by atoms with van der Waals surface area (Å²) in [7, 11) is 1.64. The van der Waals surface area contributed by atoms with E-state index in [-0.39, 0.29) is 11.6 Å². The Balaban J connectivity index is 1.62. The Hall–Kier alpha value is -3.35. The van der Waals surface area contributed by atoms with Crippen LogP contribution >= 0.6 is 0 Å². The lowest BCUT2D eigenvalue weighted by atomic mass is 10.1. The van der Waals surface area contributed by atoms with E-state index in [4.69, 9.17) is 0 Å². The average Bonchev–Trinajstić information content (AvgIpc) is 3.10. The summed E-state index contributed by atoms with van der Waals surface area (Å²) in [5.41, 5.74) is 2.55. The van der Waals surface area contributed by atoms with E-state index >= 15 is 0 Å². The van der Waals surface area contributed by atoms with Gasteiger partial charge in [-0.25, -0.2) is 4.79 Å². The molecule has 0 saturated carbocycles. The van der Waals surface area contributed by atoms with Crippen LogP contribution in [0.15, 0.2) is 65.8 Å². The summed E-state index contributed by atoms with van der Waals surface area (Å²) in [5.74, 6) is 0. The summed E-state index contributed by atoms with van der Waals surface area (Å²) < 4.78 is 3.25. The van der Waals surface area contributed by atoms with Crippen LogP contribution in [0.25, 0.3) is 0 Å². The predicted molar refractivity (Wildman–Crippen MR) is 95.3 cm³/mol. The standard InChI is InChI=1S/C18H19N5O2/c1-22-13-16(7-8-17(22)24)21-18(25)19-11-14-5-2-3-6-15(14)12-23-10-4-9-20-23/h2-10,13H,11-12H2,1H3,(H2,19,21,25). The normalized spacial score (nSPS) is 10.4. The van der Waals surface area contributed by atoms with E-state index in [2.05, 4.69) is 15.7 Å². The number of carbonyl (C=O) groups is 1. The number of benzene rings is 1. The molecule has 0 radical (unpaired) electrons. The summed E-state index contributed by atoms with van der Waals surface area (Å²) in [5, 5.41) is 9.76. The fraction of sp³-hybridized carbons (Fsp3) is 0.167. The van der Waals surface area contributed by atoms with Crippen LogP contribution in [-0.2, 0) is 20.1 Å².